The molecule has 17 heavy (non-hydrogen) atoms. The molecule has 5 heteroatoms. The maximum Gasteiger partial charge on any atom is 0.187 e. The number of hydrogen-bond acceptors (Lipinski definition) is 4. The maximum absolute atomic E-state index is 12.3. The van der Waals surface area contributed by atoms with E-state index in [1.807, 2.05) is 13.0 Å². The number of hydrogen-bond donors (Lipinski definition) is 0. The first-order valence-electron chi connectivity index (χ1n) is 5.22. The van der Waals surface area contributed by atoms with Gasteiger partial charge in [-0.2, -0.15) is 0 Å². The van der Waals surface area contributed by atoms with E-state index in [-0.39, 0.29) is 0 Å². The van der Waals surface area contributed by atoms with Gasteiger partial charge in [0.15, 0.2) is 9.84 Å². The molecular weight excluding hydrogens is 254 g/mol. The van der Waals surface area contributed by atoms with Crippen molar-refractivity contribution in [2.45, 2.75) is 24.0 Å². The Morgan fingerprint density at radius 1 is 1.35 bits per heavy atom. The first kappa shape index (κ1) is 12.3. The Bertz CT molecular complexity index is 603. The predicted molar refractivity (Wildman–Crippen MR) is 68.9 cm³/mol. The Morgan fingerprint density at radius 3 is 2.71 bits per heavy atom. The molecule has 0 aliphatic rings. The second kappa shape index (κ2) is 4.58. The van der Waals surface area contributed by atoms with E-state index in [1.165, 1.54) is 11.3 Å². The Kier molecular flexibility index (Phi) is 3.31. The summed E-state index contributed by atoms with van der Waals surface area (Å²) in [5, 5.41) is 1.83. The quantitative estimate of drug-likeness (QED) is 0.859. The van der Waals surface area contributed by atoms with Gasteiger partial charge in [-0.3, -0.25) is 0 Å². The number of thiazole rings is 1. The Morgan fingerprint density at radius 2 is 2.12 bits per heavy atom. The fraction of sp³-hybridized carbons (Fsp3) is 0.250. The molecule has 90 valence electrons. The van der Waals surface area contributed by atoms with Crippen LogP contribution < -0.4 is 0 Å². The number of benzene rings is 1. The lowest BCUT2D eigenvalue weighted by molar-refractivity contribution is 0.586. The molecule has 0 saturated carbocycles. The smallest absolute Gasteiger partial charge is 0.187 e. The lowest BCUT2D eigenvalue weighted by atomic mass is 10.2. The molecule has 0 aliphatic heterocycles. The molecule has 1 unspecified atom stereocenters. The summed E-state index contributed by atoms with van der Waals surface area (Å²) in [5.74, 6) is 0. The van der Waals surface area contributed by atoms with Gasteiger partial charge >= 0.3 is 0 Å². The average molecular weight is 267 g/mol. The average Bonchev–Trinajstić information content (AvgIpc) is 2.81. The maximum atomic E-state index is 12.3. The van der Waals surface area contributed by atoms with Crippen LogP contribution in [-0.4, -0.2) is 13.4 Å². The third-order valence-electron chi connectivity index (χ3n) is 2.58. The zero-order valence-corrected chi connectivity index (χ0v) is 11.3. The molecule has 0 aliphatic carbocycles. The van der Waals surface area contributed by atoms with Crippen LogP contribution in [-0.2, 0) is 9.84 Å². The van der Waals surface area contributed by atoms with Crippen molar-refractivity contribution in [1.82, 2.24) is 4.98 Å². The third-order valence-corrected chi connectivity index (χ3v) is 5.76. The first-order chi connectivity index (χ1) is 8.01. The van der Waals surface area contributed by atoms with Crippen molar-refractivity contribution in [3.8, 4) is 0 Å². The van der Waals surface area contributed by atoms with Gasteiger partial charge in [-0.15, -0.1) is 11.3 Å². The third kappa shape index (κ3) is 2.40. The van der Waals surface area contributed by atoms with E-state index in [9.17, 15) is 8.42 Å². The summed E-state index contributed by atoms with van der Waals surface area (Å²) in [7, 11) is -3.34. The van der Waals surface area contributed by atoms with Crippen LogP contribution in [0.4, 0.5) is 0 Å². The van der Waals surface area contributed by atoms with Gasteiger partial charge in [0.25, 0.3) is 0 Å². The number of rotatable bonds is 3. The van der Waals surface area contributed by atoms with E-state index in [0.29, 0.717) is 9.90 Å². The topological polar surface area (TPSA) is 47.0 Å². The molecule has 0 saturated heterocycles. The molecule has 0 fully saturated rings. The molecule has 2 rings (SSSR count). The lowest BCUT2D eigenvalue weighted by Gasteiger charge is -2.10. The first-order valence-corrected chi connectivity index (χ1v) is 7.64. The highest BCUT2D eigenvalue weighted by Crippen LogP contribution is 2.29. The van der Waals surface area contributed by atoms with E-state index < -0.39 is 15.1 Å². The van der Waals surface area contributed by atoms with Crippen molar-refractivity contribution < 1.29 is 8.42 Å². The molecule has 0 bridgehead atoms. The van der Waals surface area contributed by atoms with Crippen LogP contribution in [0.1, 0.15) is 22.7 Å². The monoisotopic (exact) mass is 267 g/mol. The van der Waals surface area contributed by atoms with Crippen molar-refractivity contribution in [2.75, 3.05) is 0 Å². The Labute approximate surface area is 105 Å². The highest BCUT2D eigenvalue weighted by molar-refractivity contribution is 7.91. The molecule has 1 heterocycles. The van der Waals surface area contributed by atoms with Crippen molar-refractivity contribution in [3.05, 3.63) is 46.4 Å². The molecule has 3 nitrogen and oxygen atoms in total. The summed E-state index contributed by atoms with van der Waals surface area (Å²) >= 11 is 1.37. The largest absolute Gasteiger partial charge is 0.248 e. The fourth-order valence-corrected chi connectivity index (χ4v) is 4.04. The van der Waals surface area contributed by atoms with Gasteiger partial charge < -0.3 is 0 Å². The van der Waals surface area contributed by atoms with Crippen molar-refractivity contribution in [1.29, 1.82) is 0 Å². The van der Waals surface area contributed by atoms with E-state index in [4.69, 9.17) is 0 Å². The fourth-order valence-electron chi connectivity index (χ4n) is 1.56. The van der Waals surface area contributed by atoms with Crippen molar-refractivity contribution in [3.63, 3.8) is 0 Å². The number of sulfone groups is 1. The molecule has 1 aromatic carbocycles. The summed E-state index contributed by atoms with van der Waals surface area (Å²) in [5.41, 5.74) is 0.942. The second-order valence-electron chi connectivity index (χ2n) is 3.87. The number of aromatic nitrogens is 1. The summed E-state index contributed by atoms with van der Waals surface area (Å²) in [6.45, 7) is 3.56. The van der Waals surface area contributed by atoms with Gasteiger partial charge in [0.2, 0.25) is 0 Å². The van der Waals surface area contributed by atoms with E-state index >= 15 is 0 Å². The molecule has 0 N–H and O–H groups in total. The second-order valence-corrected chi connectivity index (χ2v) is 7.07. The Balaban J connectivity index is 2.44. The standard InChI is InChI=1S/C12H13NO2S2/c1-9-4-3-5-11(8-9)17(14,15)10(2)12-13-6-7-16-12/h3-8,10H,1-2H3. The highest BCUT2D eigenvalue weighted by atomic mass is 32.2. The van der Waals surface area contributed by atoms with Crippen LogP contribution in [0.2, 0.25) is 0 Å². The van der Waals surface area contributed by atoms with Crippen LogP contribution in [0.3, 0.4) is 0 Å². The molecule has 0 radical (unpaired) electrons. The van der Waals surface area contributed by atoms with Crippen LogP contribution in [0.15, 0.2) is 40.7 Å². The normalized spacial score (nSPS) is 13.5. The molecule has 1 atom stereocenters. The predicted octanol–water partition coefficient (Wildman–Crippen LogP) is 2.99. The summed E-state index contributed by atoms with van der Waals surface area (Å²) < 4.78 is 24.7. The van der Waals surface area contributed by atoms with Crippen LogP contribution in [0, 0.1) is 6.92 Å². The van der Waals surface area contributed by atoms with E-state index in [0.717, 1.165) is 5.56 Å². The van der Waals surface area contributed by atoms with Crippen LogP contribution in [0.25, 0.3) is 0 Å². The molecule has 0 amide bonds. The molecule has 0 spiro atoms. The minimum Gasteiger partial charge on any atom is -0.248 e. The van der Waals surface area contributed by atoms with Gasteiger partial charge in [0.05, 0.1) is 4.90 Å². The van der Waals surface area contributed by atoms with Crippen LogP contribution in [0.5, 0.6) is 0 Å². The SMILES string of the molecule is Cc1cccc(S(=O)(=O)C(C)c2nccs2)c1. The van der Waals surface area contributed by atoms with Crippen molar-refractivity contribution in [2.24, 2.45) is 0 Å². The van der Waals surface area contributed by atoms with Crippen LogP contribution >= 0.6 is 11.3 Å². The Hall–Kier alpha value is -1.20. The lowest BCUT2D eigenvalue weighted by Crippen LogP contribution is -2.10. The van der Waals surface area contributed by atoms with Gasteiger partial charge in [0, 0.05) is 11.6 Å². The summed E-state index contributed by atoms with van der Waals surface area (Å²) in [6.07, 6.45) is 1.63. The zero-order valence-electron chi connectivity index (χ0n) is 9.62. The number of nitrogens with zero attached hydrogens (tertiary/aromatic N) is 1. The summed E-state index contributed by atoms with van der Waals surface area (Å²) in [4.78, 5) is 4.43. The zero-order chi connectivity index (χ0) is 12.5. The summed E-state index contributed by atoms with van der Waals surface area (Å²) in [6, 6.07) is 6.97. The van der Waals surface area contributed by atoms with Crippen molar-refractivity contribution >= 4 is 21.2 Å². The molecular formula is C12H13NO2S2. The highest BCUT2D eigenvalue weighted by Gasteiger charge is 2.26. The minimum absolute atomic E-state index is 0.361. The molecule has 1 aromatic heterocycles. The van der Waals surface area contributed by atoms with E-state index in [2.05, 4.69) is 4.98 Å². The van der Waals surface area contributed by atoms with E-state index in [1.54, 1.807) is 36.7 Å². The van der Waals surface area contributed by atoms with Gasteiger partial charge in [-0.25, -0.2) is 13.4 Å². The van der Waals surface area contributed by atoms with Gasteiger partial charge in [0.1, 0.15) is 10.3 Å². The van der Waals surface area contributed by atoms with Gasteiger partial charge in [-0.1, -0.05) is 12.1 Å². The number of aryl methyl sites for hydroxylation is 1. The minimum atomic E-state index is -3.34. The van der Waals surface area contributed by atoms with Gasteiger partial charge in [-0.05, 0) is 31.5 Å². The molecule has 2 aromatic rings.